The number of benzene rings is 1. The number of aromatic nitrogens is 3. The molecule has 2 N–H and O–H groups in total. The number of nitrogens with one attached hydrogen (secondary N) is 1. The first-order valence-electron chi connectivity index (χ1n) is 5.62. The van der Waals surface area contributed by atoms with Gasteiger partial charge in [0.1, 0.15) is 6.07 Å². The maximum Gasteiger partial charge on any atom is 0.269 e. The Morgan fingerprint density at radius 1 is 1.40 bits per heavy atom. The number of anilines is 1. The molecule has 0 aliphatic rings. The Morgan fingerprint density at radius 3 is 2.65 bits per heavy atom. The average Bonchev–Trinajstić information content (AvgIpc) is 2.88. The predicted octanol–water partition coefficient (Wildman–Crippen LogP) is 0.451. The molecule has 0 aliphatic carbocycles. The summed E-state index contributed by atoms with van der Waals surface area (Å²) in [6.45, 7) is 0.142. The van der Waals surface area contributed by atoms with Crippen LogP contribution in [0.15, 0.2) is 24.3 Å². The molecule has 0 aliphatic heterocycles. The molecule has 0 fully saturated rings. The van der Waals surface area contributed by atoms with Crippen LogP contribution in [0.25, 0.3) is 5.69 Å². The van der Waals surface area contributed by atoms with E-state index in [4.69, 9.17) is 10.4 Å². The van der Waals surface area contributed by atoms with Crippen LogP contribution in [0.3, 0.4) is 0 Å². The SMILES string of the molecule is N#Cc1nn(-c2ccc([N+](=O)[O-])cc2)nc1NCCO. The lowest BCUT2D eigenvalue weighted by Gasteiger charge is -1.99. The standard InChI is InChI=1S/C11H10N6O3/c12-7-10-11(13-5-6-18)15-16(14-10)8-1-3-9(4-2-8)17(19)20/h1-4,18H,5-6H2,(H,13,15). The second-order valence-corrected chi connectivity index (χ2v) is 3.72. The number of aliphatic hydroxyl groups excluding tert-OH is 1. The van der Waals surface area contributed by atoms with Crippen molar-refractivity contribution in [3.63, 3.8) is 0 Å². The van der Waals surface area contributed by atoms with Crippen LogP contribution in [0.5, 0.6) is 0 Å². The Morgan fingerprint density at radius 2 is 2.10 bits per heavy atom. The van der Waals surface area contributed by atoms with Crippen molar-refractivity contribution < 1.29 is 10.0 Å². The highest BCUT2D eigenvalue weighted by Gasteiger charge is 2.12. The second-order valence-electron chi connectivity index (χ2n) is 3.72. The first-order chi connectivity index (χ1) is 9.65. The smallest absolute Gasteiger partial charge is 0.269 e. The van der Waals surface area contributed by atoms with Gasteiger partial charge in [0.25, 0.3) is 5.69 Å². The number of hydrogen-bond acceptors (Lipinski definition) is 7. The minimum atomic E-state index is -0.505. The summed E-state index contributed by atoms with van der Waals surface area (Å²) in [4.78, 5) is 11.3. The molecule has 0 bridgehead atoms. The molecule has 1 aromatic heterocycles. The summed E-state index contributed by atoms with van der Waals surface area (Å²) < 4.78 is 0. The maximum absolute atomic E-state index is 10.6. The van der Waals surface area contributed by atoms with Crippen LogP contribution in [0.1, 0.15) is 5.69 Å². The summed E-state index contributed by atoms with van der Waals surface area (Å²) in [6.07, 6.45) is 0. The molecule has 20 heavy (non-hydrogen) atoms. The van der Waals surface area contributed by atoms with Gasteiger partial charge in [-0.15, -0.1) is 15.0 Å². The number of hydrogen-bond donors (Lipinski definition) is 2. The van der Waals surface area contributed by atoms with Crippen molar-refractivity contribution in [2.45, 2.75) is 0 Å². The van der Waals surface area contributed by atoms with Gasteiger partial charge in [-0.2, -0.15) is 5.26 Å². The highest BCUT2D eigenvalue weighted by Crippen LogP contribution is 2.16. The Labute approximate surface area is 113 Å². The van der Waals surface area contributed by atoms with E-state index in [1.54, 1.807) is 0 Å². The molecule has 0 unspecified atom stereocenters. The minimum absolute atomic E-state index is 0.0416. The van der Waals surface area contributed by atoms with Crippen molar-refractivity contribution >= 4 is 11.5 Å². The van der Waals surface area contributed by atoms with Crippen LogP contribution in [-0.4, -0.2) is 38.2 Å². The maximum atomic E-state index is 10.6. The molecule has 0 radical (unpaired) electrons. The first kappa shape index (κ1) is 13.4. The number of nitro groups is 1. The van der Waals surface area contributed by atoms with Gasteiger partial charge in [0.05, 0.1) is 17.2 Å². The van der Waals surface area contributed by atoms with E-state index < -0.39 is 4.92 Å². The van der Waals surface area contributed by atoms with Gasteiger partial charge >= 0.3 is 0 Å². The molecule has 0 atom stereocenters. The fourth-order valence-corrected chi connectivity index (χ4v) is 1.50. The van der Waals surface area contributed by atoms with E-state index in [9.17, 15) is 10.1 Å². The third kappa shape index (κ3) is 2.70. The molecule has 2 aromatic rings. The molecule has 9 nitrogen and oxygen atoms in total. The van der Waals surface area contributed by atoms with Gasteiger partial charge in [0.2, 0.25) is 5.69 Å². The molecule has 0 spiro atoms. The monoisotopic (exact) mass is 274 g/mol. The average molecular weight is 274 g/mol. The number of nitriles is 1. The van der Waals surface area contributed by atoms with E-state index in [-0.39, 0.29) is 30.4 Å². The second kappa shape index (κ2) is 5.77. The van der Waals surface area contributed by atoms with Crippen molar-refractivity contribution in [1.82, 2.24) is 15.0 Å². The van der Waals surface area contributed by atoms with Crippen molar-refractivity contribution in [1.29, 1.82) is 5.26 Å². The molecule has 0 saturated carbocycles. The van der Waals surface area contributed by atoms with E-state index in [0.29, 0.717) is 5.69 Å². The normalized spacial score (nSPS) is 10.0. The van der Waals surface area contributed by atoms with E-state index in [0.717, 1.165) is 0 Å². The molecular weight excluding hydrogens is 264 g/mol. The quantitative estimate of drug-likeness (QED) is 0.597. The number of rotatable bonds is 5. The van der Waals surface area contributed by atoms with Crippen molar-refractivity contribution in [2.24, 2.45) is 0 Å². The first-order valence-corrected chi connectivity index (χ1v) is 5.62. The van der Waals surface area contributed by atoms with Gasteiger partial charge in [0, 0.05) is 18.7 Å². The van der Waals surface area contributed by atoms with Crippen molar-refractivity contribution in [2.75, 3.05) is 18.5 Å². The van der Waals surface area contributed by atoms with E-state index in [1.807, 2.05) is 6.07 Å². The molecule has 0 saturated heterocycles. The molecule has 0 amide bonds. The van der Waals surface area contributed by atoms with Gasteiger partial charge in [0.15, 0.2) is 5.82 Å². The lowest BCUT2D eigenvalue weighted by molar-refractivity contribution is -0.384. The molecular formula is C11H10N6O3. The Balaban J connectivity index is 2.30. The summed E-state index contributed by atoms with van der Waals surface area (Å²) >= 11 is 0. The van der Waals surface area contributed by atoms with Gasteiger partial charge < -0.3 is 10.4 Å². The number of non-ortho nitro benzene ring substituents is 1. The Bertz CT molecular complexity index is 658. The van der Waals surface area contributed by atoms with Crippen molar-refractivity contribution in [3.05, 3.63) is 40.1 Å². The van der Waals surface area contributed by atoms with Crippen LogP contribution in [0.4, 0.5) is 11.5 Å². The number of nitro benzene ring substituents is 1. The number of aliphatic hydroxyl groups is 1. The molecule has 102 valence electrons. The summed E-state index contributed by atoms with van der Waals surface area (Å²) in [5.74, 6) is 0.250. The van der Waals surface area contributed by atoms with Gasteiger partial charge in [-0.05, 0) is 12.1 Å². The number of nitrogens with zero attached hydrogens (tertiary/aromatic N) is 5. The van der Waals surface area contributed by atoms with Crippen LogP contribution >= 0.6 is 0 Å². The fourth-order valence-electron chi connectivity index (χ4n) is 1.50. The third-order valence-electron chi connectivity index (χ3n) is 2.42. The highest BCUT2D eigenvalue weighted by atomic mass is 16.6. The Kier molecular flexibility index (Phi) is 3.88. The summed E-state index contributed by atoms with van der Waals surface area (Å²) in [6, 6.07) is 7.49. The zero-order valence-corrected chi connectivity index (χ0v) is 10.2. The zero-order chi connectivity index (χ0) is 14.5. The molecule has 1 aromatic carbocycles. The largest absolute Gasteiger partial charge is 0.395 e. The van der Waals surface area contributed by atoms with Crippen molar-refractivity contribution in [3.8, 4) is 11.8 Å². The minimum Gasteiger partial charge on any atom is -0.395 e. The molecule has 1 heterocycles. The zero-order valence-electron chi connectivity index (χ0n) is 10.2. The lowest BCUT2D eigenvalue weighted by atomic mass is 10.3. The van der Waals surface area contributed by atoms with E-state index in [1.165, 1.54) is 29.1 Å². The highest BCUT2D eigenvalue weighted by molar-refractivity contribution is 5.48. The van der Waals surface area contributed by atoms with Crippen LogP contribution in [0.2, 0.25) is 0 Å². The van der Waals surface area contributed by atoms with Crippen LogP contribution in [0, 0.1) is 21.4 Å². The lowest BCUT2D eigenvalue weighted by Crippen LogP contribution is -2.07. The summed E-state index contributed by atoms with van der Waals surface area (Å²) in [5, 5.41) is 39.0. The van der Waals surface area contributed by atoms with Crippen LogP contribution < -0.4 is 5.32 Å². The Hall–Kier alpha value is -2.99. The molecule has 2 rings (SSSR count). The van der Waals surface area contributed by atoms with Gasteiger partial charge in [-0.3, -0.25) is 10.1 Å². The van der Waals surface area contributed by atoms with Gasteiger partial charge in [-0.1, -0.05) is 0 Å². The van der Waals surface area contributed by atoms with E-state index >= 15 is 0 Å². The summed E-state index contributed by atoms with van der Waals surface area (Å²) in [7, 11) is 0. The summed E-state index contributed by atoms with van der Waals surface area (Å²) in [5.41, 5.74) is 0.529. The third-order valence-corrected chi connectivity index (χ3v) is 2.42. The van der Waals surface area contributed by atoms with E-state index in [2.05, 4.69) is 15.5 Å². The fraction of sp³-hybridized carbons (Fsp3) is 0.182. The topological polar surface area (TPSA) is 130 Å². The molecule has 9 heteroatoms. The predicted molar refractivity (Wildman–Crippen MR) is 68.3 cm³/mol. The van der Waals surface area contributed by atoms with Gasteiger partial charge in [-0.25, -0.2) is 0 Å². The van der Waals surface area contributed by atoms with Crippen LogP contribution in [-0.2, 0) is 0 Å².